The molecule has 0 radical (unpaired) electrons. The van der Waals surface area contributed by atoms with Crippen LogP contribution in [0.1, 0.15) is 45.4 Å². The van der Waals surface area contributed by atoms with E-state index in [1.807, 2.05) is 0 Å². The third kappa shape index (κ3) is 2.94. The number of aliphatic carboxylic acids is 1. The Bertz CT molecular complexity index is 335. The minimum absolute atomic E-state index is 0.0761. The zero-order chi connectivity index (χ0) is 13.2. The van der Waals surface area contributed by atoms with Crippen LogP contribution in [-0.4, -0.2) is 29.2 Å². The number of carboxylic acids is 1. The smallest absolute Gasteiger partial charge is 0.329 e. The first kappa shape index (κ1) is 13.2. The SMILES string of the molecule is CC(NC(=O)NCC1CCCC1)(C(=O)O)C1CC1. The van der Waals surface area contributed by atoms with Gasteiger partial charge in [0, 0.05) is 6.54 Å². The monoisotopic (exact) mass is 254 g/mol. The maximum absolute atomic E-state index is 11.8. The Morgan fingerprint density at radius 3 is 2.33 bits per heavy atom. The van der Waals surface area contributed by atoms with E-state index in [0.29, 0.717) is 12.5 Å². The molecule has 5 nitrogen and oxygen atoms in total. The summed E-state index contributed by atoms with van der Waals surface area (Å²) in [5.74, 6) is -0.305. The Morgan fingerprint density at radius 2 is 1.83 bits per heavy atom. The summed E-state index contributed by atoms with van der Waals surface area (Å²) >= 11 is 0. The molecule has 18 heavy (non-hydrogen) atoms. The molecule has 2 amide bonds. The van der Waals surface area contributed by atoms with Gasteiger partial charge in [-0.25, -0.2) is 9.59 Å². The number of carboxylic acid groups (broad SMARTS) is 1. The minimum atomic E-state index is -1.11. The van der Waals surface area contributed by atoms with Crippen molar-refractivity contribution < 1.29 is 14.7 Å². The molecule has 1 atom stereocenters. The number of nitrogens with one attached hydrogen (secondary N) is 2. The Hall–Kier alpha value is -1.26. The van der Waals surface area contributed by atoms with Gasteiger partial charge in [0.15, 0.2) is 0 Å². The lowest BCUT2D eigenvalue weighted by Gasteiger charge is -2.26. The van der Waals surface area contributed by atoms with Gasteiger partial charge in [-0.2, -0.15) is 0 Å². The van der Waals surface area contributed by atoms with Gasteiger partial charge in [0.2, 0.25) is 0 Å². The molecule has 0 aliphatic heterocycles. The van der Waals surface area contributed by atoms with Crippen LogP contribution in [0.5, 0.6) is 0 Å². The van der Waals surface area contributed by atoms with E-state index >= 15 is 0 Å². The molecule has 2 fully saturated rings. The first-order valence-electron chi connectivity index (χ1n) is 6.82. The van der Waals surface area contributed by atoms with Gasteiger partial charge in [0.1, 0.15) is 5.54 Å². The Labute approximate surface area is 107 Å². The number of hydrogen-bond acceptors (Lipinski definition) is 2. The lowest BCUT2D eigenvalue weighted by atomic mass is 9.96. The maximum Gasteiger partial charge on any atom is 0.329 e. The van der Waals surface area contributed by atoms with Gasteiger partial charge in [-0.05, 0) is 44.4 Å². The first-order chi connectivity index (χ1) is 8.52. The van der Waals surface area contributed by atoms with Crippen LogP contribution in [0.15, 0.2) is 0 Å². The second kappa shape index (κ2) is 5.16. The van der Waals surface area contributed by atoms with Gasteiger partial charge < -0.3 is 15.7 Å². The third-order valence-electron chi connectivity index (χ3n) is 4.24. The van der Waals surface area contributed by atoms with Crippen molar-refractivity contribution in [3.05, 3.63) is 0 Å². The number of rotatable bonds is 5. The van der Waals surface area contributed by atoms with Gasteiger partial charge in [0.25, 0.3) is 0 Å². The number of hydrogen-bond donors (Lipinski definition) is 3. The van der Waals surface area contributed by atoms with Gasteiger partial charge in [0.05, 0.1) is 0 Å². The van der Waals surface area contributed by atoms with Crippen molar-refractivity contribution in [2.24, 2.45) is 11.8 Å². The fraction of sp³-hybridized carbons (Fsp3) is 0.846. The highest BCUT2D eigenvalue weighted by molar-refractivity contribution is 5.86. The molecule has 2 saturated carbocycles. The number of urea groups is 1. The fourth-order valence-electron chi connectivity index (χ4n) is 2.72. The van der Waals surface area contributed by atoms with Crippen LogP contribution < -0.4 is 10.6 Å². The minimum Gasteiger partial charge on any atom is -0.480 e. The van der Waals surface area contributed by atoms with Crippen LogP contribution in [0.2, 0.25) is 0 Å². The number of carbonyl (C=O) groups excluding carboxylic acids is 1. The molecule has 0 aromatic heterocycles. The number of carbonyl (C=O) groups is 2. The Balaban J connectivity index is 1.79. The first-order valence-corrected chi connectivity index (χ1v) is 6.82. The van der Waals surface area contributed by atoms with E-state index in [4.69, 9.17) is 0 Å². The van der Waals surface area contributed by atoms with Crippen molar-refractivity contribution >= 4 is 12.0 Å². The lowest BCUT2D eigenvalue weighted by molar-refractivity contribution is -0.144. The summed E-state index contributed by atoms with van der Waals surface area (Å²) in [5, 5.41) is 14.7. The summed E-state index contributed by atoms with van der Waals surface area (Å²) < 4.78 is 0. The molecule has 0 bridgehead atoms. The van der Waals surface area contributed by atoms with Crippen LogP contribution in [0.3, 0.4) is 0 Å². The van der Waals surface area contributed by atoms with Gasteiger partial charge in [-0.1, -0.05) is 12.8 Å². The Morgan fingerprint density at radius 1 is 1.22 bits per heavy atom. The Kier molecular flexibility index (Phi) is 3.78. The van der Waals surface area contributed by atoms with E-state index in [1.54, 1.807) is 6.92 Å². The van der Waals surface area contributed by atoms with Crippen molar-refractivity contribution in [3.63, 3.8) is 0 Å². The third-order valence-corrected chi connectivity index (χ3v) is 4.24. The molecule has 5 heteroatoms. The molecule has 102 valence electrons. The molecular weight excluding hydrogens is 232 g/mol. The maximum atomic E-state index is 11.8. The molecule has 0 aromatic carbocycles. The van der Waals surface area contributed by atoms with Crippen LogP contribution in [0, 0.1) is 11.8 Å². The van der Waals surface area contributed by atoms with Gasteiger partial charge >= 0.3 is 12.0 Å². The predicted molar refractivity (Wildman–Crippen MR) is 67.3 cm³/mol. The second-order valence-corrected chi connectivity index (χ2v) is 5.77. The molecule has 0 aromatic rings. The predicted octanol–water partition coefficient (Wildman–Crippen LogP) is 1.73. The average Bonchev–Trinajstić information content (AvgIpc) is 3.04. The average molecular weight is 254 g/mol. The van der Waals surface area contributed by atoms with Crippen molar-refractivity contribution in [1.29, 1.82) is 0 Å². The quantitative estimate of drug-likeness (QED) is 0.699. The summed E-state index contributed by atoms with van der Waals surface area (Å²) in [4.78, 5) is 23.0. The summed E-state index contributed by atoms with van der Waals surface area (Å²) in [6.07, 6.45) is 6.57. The molecule has 3 N–H and O–H groups in total. The van der Waals surface area contributed by atoms with Crippen LogP contribution >= 0.6 is 0 Å². The molecule has 2 aliphatic rings. The van der Waals surface area contributed by atoms with E-state index in [2.05, 4.69) is 10.6 Å². The van der Waals surface area contributed by atoms with Gasteiger partial charge in [-0.3, -0.25) is 0 Å². The standard InChI is InChI=1S/C13H22N2O3/c1-13(11(16)17,10-6-7-10)15-12(18)14-8-9-4-2-3-5-9/h9-10H,2-8H2,1H3,(H,16,17)(H2,14,15,18). The molecule has 1 unspecified atom stereocenters. The lowest BCUT2D eigenvalue weighted by Crippen LogP contribution is -2.57. The van der Waals surface area contributed by atoms with E-state index in [9.17, 15) is 14.7 Å². The van der Waals surface area contributed by atoms with Crippen LogP contribution in [-0.2, 0) is 4.79 Å². The van der Waals surface area contributed by atoms with E-state index in [-0.39, 0.29) is 11.9 Å². The van der Waals surface area contributed by atoms with E-state index in [0.717, 1.165) is 12.8 Å². The summed E-state index contributed by atoms with van der Waals surface area (Å²) in [7, 11) is 0. The highest BCUT2D eigenvalue weighted by Gasteiger charge is 2.48. The highest BCUT2D eigenvalue weighted by atomic mass is 16.4. The molecular formula is C13H22N2O3. The second-order valence-electron chi connectivity index (χ2n) is 5.77. The van der Waals surface area contributed by atoms with Crippen molar-refractivity contribution in [2.75, 3.05) is 6.54 Å². The molecule has 0 saturated heterocycles. The van der Waals surface area contributed by atoms with Crippen molar-refractivity contribution in [2.45, 2.75) is 51.0 Å². The van der Waals surface area contributed by atoms with Crippen LogP contribution in [0.25, 0.3) is 0 Å². The largest absolute Gasteiger partial charge is 0.480 e. The number of amides is 2. The van der Waals surface area contributed by atoms with Crippen LogP contribution in [0.4, 0.5) is 4.79 Å². The van der Waals surface area contributed by atoms with Crippen molar-refractivity contribution in [3.8, 4) is 0 Å². The molecule has 2 aliphatic carbocycles. The summed E-state index contributed by atoms with van der Waals surface area (Å²) in [6.45, 7) is 2.26. The summed E-state index contributed by atoms with van der Waals surface area (Å²) in [5.41, 5.74) is -1.11. The topological polar surface area (TPSA) is 78.4 Å². The van der Waals surface area contributed by atoms with E-state index in [1.165, 1.54) is 25.7 Å². The molecule has 2 rings (SSSR count). The molecule has 0 spiro atoms. The normalized spacial score (nSPS) is 23.4. The summed E-state index contributed by atoms with van der Waals surface area (Å²) in [6, 6.07) is -0.348. The molecule has 0 heterocycles. The fourth-order valence-corrected chi connectivity index (χ4v) is 2.72. The highest BCUT2D eigenvalue weighted by Crippen LogP contribution is 2.39. The zero-order valence-electron chi connectivity index (χ0n) is 10.9. The van der Waals surface area contributed by atoms with Crippen molar-refractivity contribution in [1.82, 2.24) is 10.6 Å². The van der Waals surface area contributed by atoms with E-state index < -0.39 is 11.5 Å². The zero-order valence-corrected chi connectivity index (χ0v) is 10.9. The van der Waals surface area contributed by atoms with Gasteiger partial charge in [-0.15, -0.1) is 0 Å².